The molecule has 4 nitrogen and oxygen atoms in total. The van der Waals surface area contributed by atoms with Gasteiger partial charge >= 0.3 is 57.8 Å². The third kappa shape index (κ3) is 15.3. The Morgan fingerprint density at radius 3 is 1.27 bits per heavy atom. The van der Waals surface area contributed by atoms with Gasteiger partial charge in [-0.3, -0.25) is 9.59 Å². The molecule has 0 saturated heterocycles. The molecule has 2 amide bonds. The van der Waals surface area contributed by atoms with Gasteiger partial charge in [0.2, 0.25) is 11.8 Å². The summed E-state index contributed by atoms with van der Waals surface area (Å²) in [6.07, 6.45) is -1.56. The van der Waals surface area contributed by atoms with Gasteiger partial charge in [0.05, 0.1) is 11.1 Å². The van der Waals surface area contributed by atoms with Crippen LogP contribution >= 0.6 is 17.0 Å². The monoisotopic (exact) mass is 945 g/mol. The molecule has 0 atom stereocenters. The fourth-order valence-electron chi connectivity index (χ4n) is 6.45. The van der Waals surface area contributed by atoms with Gasteiger partial charge in [0.15, 0.2) is 0 Å². The van der Waals surface area contributed by atoms with Crippen LogP contribution in [0.5, 0.6) is 0 Å². The standard InChI is InChI=1S/2C20H18F3.C6H12BN2O2.2ClH.Zr/c2*1-2-3-7-14-12-15-8-6-10-16(18(15)13-14)17-9-4-5-11-19(17)20(21,22)23;1-3-5(10)8-7-9-6(11)4-2;;;/h2*4-6,8-13H,2-3,7H2,1H3;3-4H2,1-2H3,(H,8,10)(H,9,11);2*1H;/q2*-1;;;;+4/p-2. The first-order valence-electron chi connectivity index (χ1n) is 19.7. The van der Waals surface area contributed by atoms with Crippen molar-refractivity contribution in [3.63, 3.8) is 0 Å². The van der Waals surface area contributed by atoms with Crippen molar-refractivity contribution in [1.82, 2.24) is 10.5 Å². The number of rotatable bonds is 12. The third-order valence-corrected chi connectivity index (χ3v) is 9.41. The summed E-state index contributed by atoms with van der Waals surface area (Å²) in [7, 11) is 11.1. The van der Waals surface area contributed by atoms with Crippen LogP contribution in [-0.4, -0.2) is 19.4 Å². The maximum atomic E-state index is 13.3. The number of hydrogen-bond acceptors (Lipinski definition) is 2. The molecule has 0 unspecified atom stereocenters. The van der Waals surface area contributed by atoms with Crippen molar-refractivity contribution in [2.24, 2.45) is 0 Å². The average molecular weight is 948 g/mol. The minimum atomic E-state index is -4.35. The number of aryl methyl sites for hydroxylation is 2. The van der Waals surface area contributed by atoms with E-state index in [9.17, 15) is 35.9 Å². The van der Waals surface area contributed by atoms with Crippen LogP contribution in [0.1, 0.15) is 88.5 Å². The van der Waals surface area contributed by atoms with Crippen LogP contribution in [0, 0.1) is 0 Å². The van der Waals surface area contributed by atoms with Crippen LogP contribution < -0.4 is 10.5 Å². The van der Waals surface area contributed by atoms with Crippen LogP contribution in [0.25, 0.3) is 43.8 Å². The van der Waals surface area contributed by atoms with Crippen LogP contribution in [-0.2, 0) is 55.6 Å². The first-order valence-corrected chi connectivity index (χ1v) is 26.0. The van der Waals surface area contributed by atoms with Crippen molar-refractivity contribution in [3.05, 3.63) is 131 Å². The normalized spacial score (nSPS) is 10.9. The number of amides is 2. The number of carbonyl (C=O) groups excluding carboxylic acids is 2. The predicted octanol–water partition coefficient (Wildman–Crippen LogP) is 14.1. The Bertz CT molecular complexity index is 2100. The van der Waals surface area contributed by atoms with E-state index in [4.69, 9.17) is 17.0 Å². The SMILES string of the molecule is CCC(=O)N[B]NC(=O)CC.CCCCc1cc2c(-c3ccccc3C(F)(F)F)cccc2[cH-]1.CCCCc1cc2c(-c3ccccc3C(F)(F)F)cccc2[cH-]1.[Cl][Zr+2][Cl]. The first-order chi connectivity index (χ1) is 28.6. The Hall–Kier alpha value is -3.85. The van der Waals surface area contributed by atoms with Crippen molar-refractivity contribution in [2.45, 2.75) is 91.4 Å². The van der Waals surface area contributed by atoms with Gasteiger partial charge < -0.3 is 10.5 Å². The summed E-state index contributed by atoms with van der Waals surface area (Å²) >= 11 is -0.826. The molecule has 0 heterocycles. The van der Waals surface area contributed by atoms with E-state index in [-0.39, 0.29) is 22.9 Å². The number of nitrogens with one attached hydrogen (secondary N) is 2. The zero-order valence-electron chi connectivity index (χ0n) is 34.0. The maximum absolute atomic E-state index is 13.3. The van der Waals surface area contributed by atoms with Crippen LogP contribution in [0.15, 0.2) is 109 Å². The van der Waals surface area contributed by atoms with Gasteiger partial charge in [0.1, 0.15) is 0 Å². The second-order valence-electron chi connectivity index (χ2n) is 13.7. The van der Waals surface area contributed by atoms with E-state index in [0.717, 1.165) is 72.2 Å². The minimum absolute atomic E-state index is 0.110. The van der Waals surface area contributed by atoms with Crippen molar-refractivity contribution < 1.29 is 56.8 Å². The Morgan fingerprint density at radius 2 is 0.933 bits per heavy atom. The molecule has 6 rings (SSSR count). The zero-order chi connectivity index (χ0) is 44.3. The molecule has 1 radical (unpaired) electrons. The Morgan fingerprint density at radius 1 is 0.583 bits per heavy atom. The van der Waals surface area contributed by atoms with Gasteiger partial charge in [-0.25, -0.2) is 0 Å². The molecule has 0 spiro atoms. The summed E-state index contributed by atoms with van der Waals surface area (Å²) < 4.78 is 79.8. The topological polar surface area (TPSA) is 58.2 Å². The van der Waals surface area contributed by atoms with E-state index in [1.165, 1.54) is 30.8 Å². The molecule has 0 aliphatic heterocycles. The van der Waals surface area contributed by atoms with Gasteiger partial charge in [-0.15, -0.1) is 69.1 Å². The van der Waals surface area contributed by atoms with E-state index in [1.54, 1.807) is 50.2 Å². The number of benzene rings is 4. The predicted molar refractivity (Wildman–Crippen MR) is 232 cm³/mol. The molecule has 0 aliphatic carbocycles. The zero-order valence-corrected chi connectivity index (χ0v) is 37.9. The first kappa shape index (κ1) is 50.5. The quantitative estimate of drug-likeness (QED) is 0.0729. The summed E-state index contributed by atoms with van der Waals surface area (Å²) in [4.78, 5) is 21.2. The van der Waals surface area contributed by atoms with Crippen molar-refractivity contribution in [2.75, 3.05) is 0 Å². The third-order valence-electron chi connectivity index (χ3n) is 9.41. The molecular weight excluding hydrogens is 899 g/mol. The summed E-state index contributed by atoms with van der Waals surface area (Å²) in [5.74, 6) is -0.220. The summed E-state index contributed by atoms with van der Waals surface area (Å²) in [6, 6.07) is 31.0. The fraction of sp³-hybridized carbons (Fsp3) is 0.304. The Balaban J connectivity index is 0.000000247. The van der Waals surface area contributed by atoms with E-state index < -0.39 is 44.3 Å². The molecular formula is C46H48BCl2F6N2O2Zr. The number of alkyl halides is 6. The van der Waals surface area contributed by atoms with E-state index in [2.05, 4.69) is 36.4 Å². The van der Waals surface area contributed by atoms with Crippen molar-refractivity contribution >= 4 is 57.9 Å². The molecule has 0 fully saturated rings. The van der Waals surface area contributed by atoms with Crippen LogP contribution in [0.3, 0.4) is 0 Å². The van der Waals surface area contributed by atoms with Gasteiger partial charge in [0, 0.05) is 12.8 Å². The summed E-state index contributed by atoms with van der Waals surface area (Å²) in [5.41, 5.74) is 3.03. The molecule has 60 heavy (non-hydrogen) atoms. The number of fused-ring (bicyclic) bond motifs is 2. The average Bonchev–Trinajstić information content (AvgIpc) is 3.86. The van der Waals surface area contributed by atoms with E-state index in [0.29, 0.717) is 24.0 Å². The van der Waals surface area contributed by atoms with Gasteiger partial charge in [-0.2, -0.15) is 38.5 Å². The number of unbranched alkanes of at least 4 members (excludes halogenated alkanes) is 2. The summed E-state index contributed by atoms with van der Waals surface area (Å²) in [5, 5.41) is 8.61. The summed E-state index contributed by atoms with van der Waals surface area (Å²) in [6.45, 7) is 7.75. The van der Waals surface area contributed by atoms with Gasteiger partial charge in [-0.1, -0.05) is 113 Å². The molecule has 0 aliphatic rings. The second-order valence-corrected chi connectivity index (χ2v) is 17.4. The number of halogens is 8. The van der Waals surface area contributed by atoms with E-state index >= 15 is 0 Å². The number of carbonyl (C=O) groups is 2. The van der Waals surface area contributed by atoms with Crippen LogP contribution in [0.2, 0.25) is 0 Å². The van der Waals surface area contributed by atoms with Gasteiger partial charge in [-0.05, 0) is 36.1 Å². The molecule has 0 saturated carbocycles. The van der Waals surface area contributed by atoms with Gasteiger partial charge in [0.25, 0.3) is 0 Å². The van der Waals surface area contributed by atoms with Crippen LogP contribution in [0.4, 0.5) is 26.3 Å². The number of hydrogen-bond donors (Lipinski definition) is 2. The van der Waals surface area contributed by atoms with Crippen molar-refractivity contribution in [1.29, 1.82) is 0 Å². The second kappa shape index (κ2) is 25.2. The molecule has 0 bridgehead atoms. The molecule has 6 aromatic carbocycles. The van der Waals surface area contributed by atoms with E-state index in [1.807, 2.05) is 36.4 Å². The molecule has 6 aromatic rings. The Kier molecular flexibility index (Phi) is 21.2. The Labute approximate surface area is 368 Å². The molecule has 317 valence electrons. The molecule has 0 aromatic heterocycles. The molecule has 2 N–H and O–H groups in total. The molecule has 14 heteroatoms. The van der Waals surface area contributed by atoms with Crippen molar-refractivity contribution in [3.8, 4) is 22.3 Å². The fourth-order valence-corrected chi connectivity index (χ4v) is 6.45.